The van der Waals surface area contributed by atoms with Gasteiger partial charge >= 0.3 is 6.18 Å². The molecule has 362 valence electrons. The van der Waals surface area contributed by atoms with Gasteiger partial charge in [0, 0.05) is 103 Å². The molecule has 3 saturated heterocycles. The maximum Gasteiger partial charge on any atom is 0.433 e. The van der Waals surface area contributed by atoms with Crippen molar-refractivity contribution >= 4 is 63.9 Å². The number of nitrogens with one attached hydrogen (secondary N) is 3. The molecule has 70 heavy (non-hydrogen) atoms. The van der Waals surface area contributed by atoms with Crippen LogP contribution in [0, 0.1) is 11.6 Å². The van der Waals surface area contributed by atoms with Crippen LogP contribution >= 0.6 is 11.6 Å². The number of methoxy groups -OCH3 is 1. The Labute approximate surface area is 402 Å². The number of fused-ring (bicyclic) bond motifs is 3. The van der Waals surface area contributed by atoms with Gasteiger partial charge in [-0.05, 0) is 97.3 Å². The van der Waals surface area contributed by atoms with Crippen molar-refractivity contribution in [3.63, 3.8) is 0 Å². The SMILES string of the molecule is COc1cc(C(=O)N2CCN(c3ccc4c(c3)CN([C@H]3CCC(=O)NC3=O)C4=O)CC2)ccc1NC(=O)[C@H]1[C@H](c2cccc(Cl)c2F)[C@]2(CNc3cc(C(F)(F)F)ncc32)[C@H](C)N1c1ccc(F)cc1. The molecule has 3 fully saturated rings. The van der Waals surface area contributed by atoms with Crippen LogP contribution in [0.2, 0.25) is 5.02 Å². The molecule has 0 bridgehead atoms. The fraction of sp³-hybridized carbons (Fsp3) is 0.320. The lowest BCUT2D eigenvalue weighted by Gasteiger charge is -2.36. The van der Waals surface area contributed by atoms with E-state index in [4.69, 9.17) is 16.3 Å². The number of alkyl halides is 3. The Morgan fingerprint density at radius 1 is 0.929 bits per heavy atom. The van der Waals surface area contributed by atoms with Crippen molar-refractivity contribution in [3.8, 4) is 5.75 Å². The molecule has 10 rings (SSSR count). The second kappa shape index (κ2) is 17.6. The summed E-state index contributed by atoms with van der Waals surface area (Å²) in [5.41, 5.74) is 0.953. The number of imide groups is 1. The Morgan fingerprint density at radius 3 is 2.39 bits per heavy atom. The van der Waals surface area contributed by atoms with E-state index in [1.54, 1.807) is 28.9 Å². The van der Waals surface area contributed by atoms with Crippen molar-refractivity contribution in [2.45, 2.75) is 61.9 Å². The lowest BCUT2D eigenvalue weighted by atomic mass is 9.65. The molecule has 0 saturated carbocycles. The van der Waals surface area contributed by atoms with Crippen LogP contribution in [0.1, 0.15) is 68.8 Å². The van der Waals surface area contributed by atoms with Crippen LogP contribution in [-0.4, -0.2) is 102 Å². The summed E-state index contributed by atoms with van der Waals surface area (Å²) in [5, 5.41) is 8.11. The van der Waals surface area contributed by atoms with Crippen molar-refractivity contribution in [2.75, 3.05) is 60.3 Å². The third-order valence-corrected chi connectivity index (χ3v) is 14.7. The van der Waals surface area contributed by atoms with Crippen LogP contribution in [0.15, 0.2) is 91.1 Å². The highest BCUT2D eigenvalue weighted by molar-refractivity contribution is 6.30. The monoisotopic (exact) mass is 982 g/mol. The number of pyridine rings is 1. The highest BCUT2D eigenvalue weighted by Crippen LogP contribution is 2.59. The number of carbonyl (C=O) groups is 5. The van der Waals surface area contributed by atoms with E-state index in [2.05, 4.69) is 25.8 Å². The van der Waals surface area contributed by atoms with Crippen molar-refractivity contribution < 1.29 is 50.7 Å². The largest absolute Gasteiger partial charge is 0.495 e. The summed E-state index contributed by atoms with van der Waals surface area (Å²) in [6, 6.07) is 17.9. The molecule has 5 atom stereocenters. The third kappa shape index (κ3) is 7.79. The summed E-state index contributed by atoms with van der Waals surface area (Å²) in [6.07, 6.45) is -3.23. The van der Waals surface area contributed by atoms with E-state index in [0.29, 0.717) is 43.0 Å². The smallest absolute Gasteiger partial charge is 0.433 e. The molecule has 5 aliphatic heterocycles. The molecule has 5 amide bonds. The zero-order valence-corrected chi connectivity index (χ0v) is 38.3. The van der Waals surface area contributed by atoms with Gasteiger partial charge in [0.1, 0.15) is 35.2 Å². The Hall–Kier alpha value is -7.28. The average Bonchev–Trinajstić information content (AvgIpc) is 3.98. The van der Waals surface area contributed by atoms with Crippen molar-refractivity contribution in [1.82, 2.24) is 20.1 Å². The fourth-order valence-corrected chi connectivity index (χ4v) is 11.2. The third-order valence-electron chi connectivity index (χ3n) is 14.5. The zero-order valence-electron chi connectivity index (χ0n) is 37.6. The van der Waals surface area contributed by atoms with Gasteiger partial charge in [0.2, 0.25) is 17.7 Å². The molecule has 5 aliphatic rings. The number of piperidine rings is 1. The second-order valence-corrected chi connectivity index (χ2v) is 18.5. The first-order chi connectivity index (χ1) is 33.5. The quantitative estimate of drug-likeness (QED) is 0.108. The number of nitrogens with zero attached hydrogens (tertiary/aromatic N) is 5. The molecular formula is C50H44ClF5N8O6. The van der Waals surface area contributed by atoms with E-state index in [1.165, 1.54) is 66.6 Å². The number of hydrogen-bond acceptors (Lipinski definition) is 10. The number of anilines is 4. The van der Waals surface area contributed by atoms with E-state index in [0.717, 1.165) is 23.5 Å². The molecular weight excluding hydrogens is 939 g/mol. The standard InChI is InChI=1S/C50H44ClF5N8O6/c1-26-49(25-58-37-22-40(50(54,55)56)57-23-34(37)49)42(33-4-3-5-35(51)43(33)53)44(64(26)30-9-7-29(52)8-10-30)46(67)59-36-13-6-27(21-39(36)70-2)47(68)62-18-16-61(17-19-62)31-11-12-32-28(20-31)24-63(48(32)69)38-14-15-41(65)60-45(38)66/h3-13,20-23,26,38,42,44,58H,14-19,24-25H2,1-2H3,(H,59,67)(H,60,65,66)/t26-,38-,42-,44+,49+/m0/s1. The normalized spacial score (nSPS) is 23.1. The first-order valence-electron chi connectivity index (χ1n) is 22.6. The minimum absolute atomic E-state index is 0.0226. The number of piperazine rings is 1. The summed E-state index contributed by atoms with van der Waals surface area (Å²) >= 11 is 6.39. The van der Waals surface area contributed by atoms with Gasteiger partial charge in [-0.3, -0.25) is 34.3 Å². The first kappa shape index (κ1) is 46.4. The number of carbonyl (C=O) groups excluding carboxylic acids is 5. The molecule has 1 spiro atoms. The van der Waals surface area contributed by atoms with Crippen LogP contribution in [-0.2, 0) is 32.5 Å². The van der Waals surface area contributed by atoms with Crippen molar-refractivity contribution in [2.24, 2.45) is 0 Å². The predicted octanol–water partition coefficient (Wildman–Crippen LogP) is 7.13. The number of aromatic nitrogens is 1. The molecule has 1 aromatic heterocycles. The topological polar surface area (TPSA) is 157 Å². The molecule has 20 heteroatoms. The van der Waals surface area contributed by atoms with Crippen molar-refractivity contribution in [1.29, 1.82) is 0 Å². The van der Waals surface area contributed by atoms with Crippen LogP contribution < -0.4 is 30.5 Å². The maximum absolute atomic E-state index is 16.5. The number of amides is 5. The molecule has 0 unspecified atom stereocenters. The molecule has 0 aliphatic carbocycles. The minimum atomic E-state index is -4.76. The number of hydrogen-bond donors (Lipinski definition) is 3. The summed E-state index contributed by atoms with van der Waals surface area (Å²) < 4.78 is 78.5. The van der Waals surface area contributed by atoms with Crippen LogP contribution in [0.4, 0.5) is 44.7 Å². The number of ether oxygens (including phenoxy) is 1. The Balaban J connectivity index is 0.904. The lowest BCUT2D eigenvalue weighted by Crippen LogP contribution is -2.52. The predicted molar refractivity (Wildman–Crippen MR) is 248 cm³/mol. The van der Waals surface area contributed by atoms with Crippen molar-refractivity contribution in [3.05, 3.63) is 141 Å². The van der Waals surface area contributed by atoms with Gasteiger partial charge in [-0.2, -0.15) is 13.2 Å². The molecule has 5 aromatic rings. The molecule has 14 nitrogen and oxygen atoms in total. The average molecular weight is 983 g/mol. The maximum atomic E-state index is 16.5. The summed E-state index contributed by atoms with van der Waals surface area (Å²) in [4.78, 5) is 77.5. The summed E-state index contributed by atoms with van der Waals surface area (Å²) in [7, 11) is 1.37. The molecule has 6 heterocycles. The molecule has 4 aromatic carbocycles. The Kier molecular flexibility index (Phi) is 11.7. The van der Waals surface area contributed by atoms with Gasteiger partial charge in [0.15, 0.2) is 0 Å². The highest BCUT2D eigenvalue weighted by atomic mass is 35.5. The van der Waals surface area contributed by atoms with E-state index >= 15 is 9.18 Å². The summed E-state index contributed by atoms with van der Waals surface area (Å²) in [6.45, 7) is 3.63. The van der Waals surface area contributed by atoms with Crippen LogP contribution in [0.25, 0.3) is 0 Å². The fourth-order valence-electron chi connectivity index (χ4n) is 11.0. The van der Waals surface area contributed by atoms with Gasteiger partial charge in [-0.25, -0.2) is 8.78 Å². The highest BCUT2D eigenvalue weighted by Gasteiger charge is 2.64. The van der Waals surface area contributed by atoms with Gasteiger partial charge in [-0.1, -0.05) is 23.7 Å². The van der Waals surface area contributed by atoms with E-state index < -0.39 is 64.8 Å². The van der Waals surface area contributed by atoms with Gasteiger partial charge in [0.25, 0.3) is 11.8 Å². The van der Waals surface area contributed by atoms with Crippen LogP contribution in [0.5, 0.6) is 5.75 Å². The lowest BCUT2D eigenvalue weighted by molar-refractivity contribution is -0.141. The molecule has 0 radical (unpaired) electrons. The number of rotatable bonds is 8. The van der Waals surface area contributed by atoms with E-state index in [1.807, 2.05) is 12.1 Å². The summed E-state index contributed by atoms with van der Waals surface area (Å²) in [5.74, 6) is -4.45. The molecule has 3 N–H and O–H groups in total. The second-order valence-electron chi connectivity index (χ2n) is 18.1. The van der Waals surface area contributed by atoms with Gasteiger partial charge in [0.05, 0.1) is 17.8 Å². The van der Waals surface area contributed by atoms with E-state index in [9.17, 15) is 36.7 Å². The van der Waals surface area contributed by atoms with Crippen LogP contribution in [0.3, 0.4) is 0 Å². The van der Waals surface area contributed by atoms with Gasteiger partial charge < -0.3 is 35.0 Å². The number of halogens is 6. The first-order valence-corrected chi connectivity index (χ1v) is 23.0. The van der Waals surface area contributed by atoms with Gasteiger partial charge in [-0.15, -0.1) is 0 Å². The number of benzene rings is 4. The zero-order chi connectivity index (χ0) is 49.4. The Bertz CT molecular complexity index is 2990. The van der Waals surface area contributed by atoms with E-state index in [-0.39, 0.29) is 76.9 Å². The minimum Gasteiger partial charge on any atom is -0.495 e. The Morgan fingerprint density at radius 2 is 1.67 bits per heavy atom.